The molecule has 23 heavy (non-hydrogen) atoms. The van der Waals surface area contributed by atoms with E-state index in [9.17, 15) is 8.78 Å². The van der Waals surface area contributed by atoms with Crippen molar-refractivity contribution in [3.8, 4) is 5.75 Å². The molecule has 1 aliphatic rings. The van der Waals surface area contributed by atoms with Crippen molar-refractivity contribution in [2.45, 2.75) is 51.9 Å². The number of rotatable bonds is 4. The van der Waals surface area contributed by atoms with Gasteiger partial charge in [-0.05, 0) is 73.6 Å². The zero-order valence-electron chi connectivity index (χ0n) is 13.9. The summed E-state index contributed by atoms with van der Waals surface area (Å²) in [6.45, 7) is 4.59. The second-order valence-corrected chi connectivity index (χ2v) is 6.54. The lowest BCUT2D eigenvalue weighted by molar-refractivity contribution is 0.313. The van der Waals surface area contributed by atoms with E-state index >= 15 is 0 Å². The Kier molecular flexibility index (Phi) is 4.84. The zero-order valence-corrected chi connectivity index (χ0v) is 13.9. The molecule has 0 heterocycles. The number of hydrogen-bond donors (Lipinski definition) is 0. The van der Waals surface area contributed by atoms with Gasteiger partial charge in [-0.3, -0.25) is 0 Å². The average Bonchev–Trinajstić information content (AvgIpc) is 2.59. The molecule has 0 aliphatic heterocycles. The molecule has 0 N–H and O–H groups in total. The molecule has 1 nitrogen and oxygen atoms in total. The first-order chi connectivity index (χ1) is 11.1. The standard InChI is InChI=1S/C20H24F2O/c1-3-13-5-7-14(8-6-13)17-11-15-9-10-16(23-4-2)12-18(15)20(22)19(17)21/h9-14H,3-8H2,1-2H3. The number of ether oxygens (including phenoxy) is 1. The van der Waals surface area contributed by atoms with E-state index in [1.54, 1.807) is 6.07 Å². The van der Waals surface area contributed by atoms with Gasteiger partial charge in [0.25, 0.3) is 0 Å². The van der Waals surface area contributed by atoms with Crippen LogP contribution in [0.2, 0.25) is 0 Å². The van der Waals surface area contributed by atoms with Gasteiger partial charge >= 0.3 is 0 Å². The van der Waals surface area contributed by atoms with Gasteiger partial charge in [0, 0.05) is 5.39 Å². The smallest absolute Gasteiger partial charge is 0.167 e. The zero-order chi connectivity index (χ0) is 16.4. The first-order valence-electron chi connectivity index (χ1n) is 8.68. The van der Waals surface area contributed by atoms with Crippen LogP contribution in [0.5, 0.6) is 5.75 Å². The Morgan fingerprint density at radius 2 is 1.74 bits per heavy atom. The molecular formula is C20H24F2O. The van der Waals surface area contributed by atoms with Gasteiger partial charge < -0.3 is 4.74 Å². The third kappa shape index (κ3) is 3.19. The van der Waals surface area contributed by atoms with Crippen LogP contribution in [0.3, 0.4) is 0 Å². The summed E-state index contributed by atoms with van der Waals surface area (Å²) in [6, 6.07) is 7.07. The van der Waals surface area contributed by atoms with E-state index < -0.39 is 11.6 Å². The molecule has 3 rings (SSSR count). The van der Waals surface area contributed by atoms with Crippen molar-refractivity contribution < 1.29 is 13.5 Å². The van der Waals surface area contributed by atoms with Crippen LogP contribution >= 0.6 is 0 Å². The van der Waals surface area contributed by atoms with Crippen LogP contribution in [0.1, 0.15) is 57.4 Å². The minimum atomic E-state index is -0.739. The highest BCUT2D eigenvalue weighted by Crippen LogP contribution is 2.40. The SMILES string of the molecule is CCOc1ccc2cc(C3CCC(CC)CC3)c(F)c(F)c2c1. The number of halogens is 2. The molecule has 0 amide bonds. The Hall–Kier alpha value is -1.64. The van der Waals surface area contributed by atoms with Gasteiger partial charge in [0.05, 0.1) is 6.61 Å². The van der Waals surface area contributed by atoms with Crippen LogP contribution < -0.4 is 4.74 Å². The Morgan fingerprint density at radius 1 is 1.00 bits per heavy atom. The van der Waals surface area contributed by atoms with Crippen molar-refractivity contribution in [3.63, 3.8) is 0 Å². The predicted octanol–water partition coefficient (Wildman–Crippen LogP) is 6.20. The number of fused-ring (bicyclic) bond motifs is 1. The maximum absolute atomic E-state index is 14.6. The van der Waals surface area contributed by atoms with Crippen LogP contribution in [0, 0.1) is 17.6 Å². The van der Waals surface area contributed by atoms with E-state index in [-0.39, 0.29) is 5.92 Å². The molecule has 0 bridgehead atoms. The minimum absolute atomic E-state index is 0.142. The molecular weight excluding hydrogens is 294 g/mol. The van der Waals surface area contributed by atoms with E-state index in [0.29, 0.717) is 23.3 Å². The lowest BCUT2D eigenvalue weighted by atomic mass is 9.77. The van der Waals surface area contributed by atoms with Crippen molar-refractivity contribution in [2.75, 3.05) is 6.61 Å². The van der Waals surface area contributed by atoms with E-state index in [1.807, 2.05) is 25.1 Å². The highest BCUT2D eigenvalue weighted by molar-refractivity contribution is 5.85. The van der Waals surface area contributed by atoms with Crippen LogP contribution in [0.15, 0.2) is 24.3 Å². The molecule has 1 saturated carbocycles. The predicted molar refractivity (Wildman–Crippen MR) is 90.0 cm³/mol. The average molecular weight is 318 g/mol. The second-order valence-electron chi connectivity index (χ2n) is 6.54. The van der Waals surface area contributed by atoms with Crippen molar-refractivity contribution in [1.29, 1.82) is 0 Å². The third-order valence-corrected chi connectivity index (χ3v) is 5.19. The van der Waals surface area contributed by atoms with E-state index in [2.05, 4.69) is 6.92 Å². The minimum Gasteiger partial charge on any atom is -0.494 e. The molecule has 0 spiro atoms. The highest BCUT2D eigenvalue weighted by atomic mass is 19.2. The van der Waals surface area contributed by atoms with Crippen molar-refractivity contribution in [2.24, 2.45) is 5.92 Å². The van der Waals surface area contributed by atoms with E-state index in [1.165, 1.54) is 6.42 Å². The Balaban J connectivity index is 1.96. The molecule has 1 fully saturated rings. The fraction of sp³-hybridized carbons (Fsp3) is 0.500. The normalized spacial score (nSPS) is 21.6. The van der Waals surface area contributed by atoms with Crippen LogP contribution in [-0.4, -0.2) is 6.61 Å². The number of hydrogen-bond acceptors (Lipinski definition) is 1. The monoisotopic (exact) mass is 318 g/mol. The van der Waals surface area contributed by atoms with Crippen molar-refractivity contribution >= 4 is 10.8 Å². The Labute approximate surface area is 136 Å². The summed E-state index contributed by atoms with van der Waals surface area (Å²) < 4.78 is 34.5. The first kappa shape index (κ1) is 16.2. The molecule has 0 atom stereocenters. The van der Waals surface area contributed by atoms with Crippen molar-refractivity contribution in [1.82, 2.24) is 0 Å². The van der Waals surface area contributed by atoms with Gasteiger partial charge in [-0.1, -0.05) is 19.4 Å². The molecule has 0 saturated heterocycles. The lowest BCUT2D eigenvalue weighted by Crippen LogP contribution is -2.14. The molecule has 124 valence electrons. The summed E-state index contributed by atoms with van der Waals surface area (Å²) in [6.07, 6.45) is 5.32. The van der Waals surface area contributed by atoms with Gasteiger partial charge in [-0.2, -0.15) is 0 Å². The number of benzene rings is 2. The summed E-state index contributed by atoms with van der Waals surface area (Å²) in [5.74, 6) is 0.0499. The summed E-state index contributed by atoms with van der Waals surface area (Å²) in [5.41, 5.74) is 0.550. The van der Waals surface area contributed by atoms with Crippen LogP contribution in [0.4, 0.5) is 8.78 Å². The molecule has 0 unspecified atom stereocenters. The van der Waals surface area contributed by atoms with Crippen LogP contribution in [0.25, 0.3) is 10.8 Å². The highest BCUT2D eigenvalue weighted by Gasteiger charge is 2.26. The molecule has 0 radical (unpaired) electrons. The Bertz CT molecular complexity index is 688. The van der Waals surface area contributed by atoms with Crippen LogP contribution in [-0.2, 0) is 0 Å². The van der Waals surface area contributed by atoms with Gasteiger partial charge in [-0.15, -0.1) is 0 Å². The summed E-state index contributed by atoms with van der Waals surface area (Å²) in [5, 5.41) is 1.06. The van der Waals surface area contributed by atoms with E-state index in [0.717, 1.165) is 37.0 Å². The maximum Gasteiger partial charge on any atom is 0.167 e. The van der Waals surface area contributed by atoms with E-state index in [4.69, 9.17) is 4.74 Å². The van der Waals surface area contributed by atoms with Gasteiger partial charge in [-0.25, -0.2) is 8.78 Å². The topological polar surface area (TPSA) is 9.23 Å². The molecule has 2 aromatic rings. The second kappa shape index (κ2) is 6.86. The fourth-order valence-corrected chi connectivity index (χ4v) is 3.76. The summed E-state index contributed by atoms with van der Waals surface area (Å²) >= 11 is 0. The largest absolute Gasteiger partial charge is 0.494 e. The Morgan fingerprint density at radius 3 is 2.39 bits per heavy atom. The van der Waals surface area contributed by atoms with Gasteiger partial charge in [0.2, 0.25) is 0 Å². The quantitative estimate of drug-likeness (QED) is 0.652. The van der Waals surface area contributed by atoms with Crippen molar-refractivity contribution in [3.05, 3.63) is 41.5 Å². The first-order valence-corrected chi connectivity index (χ1v) is 8.68. The summed E-state index contributed by atoms with van der Waals surface area (Å²) in [4.78, 5) is 0. The fourth-order valence-electron chi connectivity index (χ4n) is 3.76. The molecule has 2 aromatic carbocycles. The molecule has 1 aliphatic carbocycles. The molecule has 3 heteroatoms. The van der Waals surface area contributed by atoms with Gasteiger partial charge in [0.1, 0.15) is 5.75 Å². The third-order valence-electron chi connectivity index (χ3n) is 5.19. The summed E-state index contributed by atoms with van der Waals surface area (Å²) in [7, 11) is 0. The van der Waals surface area contributed by atoms with Gasteiger partial charge in [0.15, 0.2) is 11.6 Å². The lowest BCUT2D eigenvalue weighted by Gasteiger charge is -2.28. The maximum atomic E-state index is 14.6. The molecule has 0 aromatic heterocycles.